The van der Waals surface area contributed by atoms with E-state index in [1.54, 1.807) is 13.2 Å². The summed E-state index contributed by atoms with van der Waals surface area (Å²) in [7, 11) is 1.64. The molecule has 1 atom stereocenters. The summed E-state index contributed by atoms with van der Waals surface area (Å²) in [6, 6.07) is 8.15. The van der Waals surface area contributed by atoms with Gasteiger partial charge in [-0.25, -0.2) is 0 Å². The van der Waals surface area contributed by atoms with E-state index in [1.165, 1.54) is 25.8 Å². The third kappa shape index (κ3) is 4.69. The van der Waals surface area contributed by atoms with Crippen LogP contribution in [0.5, 0.6) is 5.75 Å². The number of nitrogens with one attached hydrogen (secondary N) is 1. The van der Waals surface area contributed by atoms with Crippen molar-refractivity contribution < 1.29 is 14.3 Å². The van der Waals surface area contributed by atoms with E-state index in [-0.39, 0.29) is 5.91 Å². The number of rotatable bonds is 8. The lowest BCUT2D eigenvalue weighted by Gasteiger charge is -2.15. The summed E-state index contributed by atoms with van der Waals surface area (Å²) in [6.07, 6.45) is 3.90. The second-order valence-electron chi connectivity index (χ2n) is 6.46. The predicted octanol–water partition coefficient (Wildman–Crippen LogP) is 1.93. The van der Waals surface area contributed by atoms with E-state index in [4.69, 9.17) is 9.47 Å². The first kappa shape index (κ1) is 16.3. The highest BCUT2D eigenvalue weighted by molar-refractivity contribution is 5.94. The fraction of sp³-hybridized carbons (Fsp3) is 0.611. The van der Waals surface area contributed by atoms with Gasteiger partial charge in [-0.15, -0.1) is 0 Å². The number of carbonyl (C=O) groups excluding carboxylic acids is 1. The van der Waals surface area contributed by atoms with Crippen molar-refractivity contribution in [2.24, 2.45) is 5.92 Å². The van der Waals surface area contributed by atoms with Crippen LogP contribution in [0.15, 0.2) is 24.3 Å². The Hall–Kier alpha value is -1.59. The fourth-order valence-electron chi connectivity index (χ4n) is 3.11. The zero-order valence-corrected chi connectivity index (χ0v) is 13.8. The summed E-state index contributed by atoms with van der Waals surface area (Å²) in [6.45, 7) is 4.10. The molecule has 1 aliphatic heterocycles. The van der Waals surface area contributed by atoms with Crippen LogP contribution in [0.4, 0.5) is 0 Å². The standard InChI is InChI=1S/C18H26N2O3/c1-22-9-10-23-17-4-2-3-15(11-17)18(21)19-12-14-7-8-20(13-14)16-5-6-16/h2-4,11,14,16H,5-10,12-13H2,1H3,(H,19,21). The lowest BCUT2D eigenvalue weighted by molar-refractivity contribution is 0.0946. The van der Waals surface area contributed by atoms with Crippen molar-refractivity contribution in [2.45, 2.75) is 25.3 Å². The smallest absolute Gasteiger partial charge is 0.251 e. The number of hydrogen-bond donors (Lipinski definition) is 1. The van der Waals surface area contributed by atoms with Gasteiger partial charge in [0, 0.05) is 31.8 Å². The normalized spacial score (nSPS) is 21.3. The van der Waals surface area contributed by atoms with Crippen molar-refractivity contribution >= 4 is 5.91 Å². The molecule has 1 saturated heterocycles. The van der Waals surface area contributed by atoms with Crippen molar-refractivity contribution in [2.75, 3.05) is 40.0 Å². The third-order valence-corrected chi connectivity index (χ3v) is 4.58. The zero-order valence-electron chi connectivity index (χ0n) is 13.8. The number of nitrogens with zero attached hydrogens (tertiary/aromatic N) is 1. The first-order valence-electron chi connectivity index (χ1n) is 8.50. The van der Waals surface area contributed by atoms with E-state index in [0.717, 1.165) is 19.1 Å². The molecule has 3 rings (SSSR count). The number of benzene rings is 1. The molecule has 0 spiro atoms. The second kappa shape index (κ2) is 7.79. The minimum absolute atomic E-state index is 0.0212. The number of likely N-dealkylation sites (tertiary alicyclic amines) is 1. The molecule has 1 aliphatic carbocycles. The number of hydrogen-bond acceptors (Lipinski definition) is 4. The summed E-state index contributed by atoms with van der Waals surface area (Å²) < 4.78 is 10.5. The van der Waals surface area contributed by atoms with Gasteiger partial charge >= 0.3 is 0 Å². The highest BCUT2D eigenvalue weighted by Crippen LogP contribution is 2.31. The van der Waals surface area contributed by atoms with E-state index in [9.17, 15) is 4.79 Å². The van der Waals surface area contributed by atoms with Crippen molar-refractivity contribution in [3.05, 3.63) is 29.8 Å². The molecule has 1 unspecified atom stereocenters. The molecule has 1 aromatic carbocycles. The SMILES string of the molecule is COCCOc1cccc(C(=O)NCC2CCN(C3CC3)C2)c1. The number of amides is 1. The van der Waals surface area contributed by atoms with Gasteiger partial charge in [0.05, 0.1) is 6.61 Å². The van der Waals surface area contributed by atoms with Crippen LogP contribution in [0.25, 0.3) is 0 Å². The summed E-state index contributed by atoms with van der Waals surface area (Å²) in [5.41, 5.74) is 0.650. The Morgan fingerprint density at radius 3 is 2.96 bits per heavy atom. The quantitative estimate of drug-likeness (QED) is 0.744. The van der Waals surface area contributed by atoms with E-state index >= 15 is 0 Å². The van der Waals surface area contributed by atoms with Gasteiger partial charge in [0.25, 0.3) is 5.91 Å². The van der Waals surface area contributed by atoms with Crippen molar-refractivity contribution in [1.82, 2.24) is 10.2 Å². The maximum absolute atomic E-state index is 12.3. The van der Waals surface area contributed by atoms with Gasteiger partial charge < -0.3 is 19.7 Å². The Balaban J connectivity index is 1.45. The average Bonchev–Trinajstić information content (AvgIpc) is 3.32. The molecule has 1 heterocycles. The molecule has 1 aromatic rings. The lowest BCUT2D eigenvalue weighted by atomic mass is 10.1. The molecule has 1 amide bonds. The molecular formula is C18H26N2O3. The van der Waals surface area contributed by atoms with E-state index in [0.29, 0.717) is 30.4 Å². The molecular weight excluding hydrogens is 292 g/mol. The van der Waals surface area contributed by atoms with E-state index < -0.39 is 0 Å². The van der Waals surface area contributed by atoms with Crippen LogP contribution in [0, 0.1) is 5.92 Å². The highest BCUT2D eigenvalue weighted by Gasteiger charge is 2.34. The van der Waals surface area contributed by atoms with Gasteiger partial charge in [0.2, 0.25) is 0 Å². The largest absolute Gasteiger partial charge is 0.491 e. The first-order chi connectivity index (χ1) is 11.3. The highest BCUT2D eigenvalue weighted by atomic mass is 16.5. The monoisotopic (exact) mass is 318 g/mol. The molecule has 0 aromatic heterocycles. The van der Waals surface area contributed by atoms with Gasteiger partial charge in [-0.05, 0) is 49.9 Å². The van der Waals surface area contributed by atoms with Crippen LogP contribution in [0.1, 0.15) is 29.6 Å². The van der Waals surface area contributed by atoms with Gasteiger partial charge in [0.15, 0.2) is 0 Å². The van der Waals surface area contributed by atoms with Gasteiger partial charge in [-0.1, -0.05) is 6.07 Å². The number of methoxy groups -OCH3 is 1. The fourth-order valence-corrected chi connectivity index (χ4v) is 3.11. The molecule has 1 saturated carbocycles. The van der Waals surface area contributed by atoms with Crippen LogP contribution in [0.3, 0.4) is 0 Å². The summed E-state index contributed by atoms with van der Waals surface area (Å²) in [4.78, 5) is 14.9. The Kier molecular flexibility index (Phi) is 5.51. The number of ether oxygens (including phenoxy) is 2. The maximum atomic E-state index is 12.3. The predicted molar refractivity (Wildman–Crippen MR) is 88.8 cm³/mol. The Morgan fingerprint density at radius 2 is 2.17 bits per heavy atom. The van der Waals surface area contributed by atoms with Crippen LogP contribution in [0.2, 0.25) is 0 Å². The maximum Gasteiger partial charge on any atom is 0.251 e. The number of carbonyl (C=O) groups is 1. The van der Waals surface area contributed by atoms with E-state index in [1.807, 2.05) is 18.2 Å². The average molecular weight is 318 g/mol. The summed E-state index contributed by atoms with van der Waals surface area (Å²) in [5, 5.41) is 3.07. The van der Waals surface area contributed by atoms with Gasteiger partial charge in [-0.2, -0.15) is 0 Å². The molecule has 5 nitrogen and oxygen atoms in total. The molecule has 2 aliphatic rings. The second-order valence-corrected chi connectivity index (χ2v) is 6.46. The molecule has 5 heteroatoms. The topological polar surface area (TPSA) is 50.8 Å². The lowest BCUT2D eigenvalue weighted by Crippen LogP contribution is -2.31. The van der Waals surface area contributed by atoms with Crippen LogP contribution >= 0.6 is 0 Å². The van der Waals surface area contributed by atoms with Crippen molar-refractivity contribution in [3.63, 3.8) is 0 Å². The van der Waals surface area contributed by atoms with Crippen molar-refractivity contribution in [1.29, 1.82) is 0 Å². The Labute approximate surface area is 137 Å². The molecule has 0 radical (unpaired) electrons. The zero-order chi connectivity index (χ0) is 16.1. The molecule has 23 heavy (non-hydrogen) atoms. The summed E-state index contributed by atoms with van der Waals surface area (Å²) >= 11 is 0. The molecule has 126 valence electrons. The van der Waals surface area contributed by atoms with Crippen molar-refractivity contribution in [3.8, 4) is 5.75 Å². The van der Waals surface area contributed by atoms with Crippen LogP contribution in [-0.2, 0) is 4.74 Å². The first-order valence-corrected chi connectivity index (χ1v) is 8.50. The molecule has 0 bridgehead atoms. The van der Waals surface area contributed by atoms with Gasteiger partial charge in [-0.3, -0.25) is 4.79 Å². The molecule has 2 fully saturated rings. The summed E-state index contributed by atoms with van der Waals surface area (Å²) in [5.74, 6) is 1.27. The third-order valence-electron chi connectivity index (χ3n) is 4.58. The Bertz CT molecular complexity index is 531. The molecule has 1 N–H and O–H groups in total. The Morgan fingerprint density at radius 1 is 1.30 bits per heavy atom. The van der Waals surface area contributed by atoms with E-state index in [2.05, 4.69) is 10.2 Å². The minimum Gasteiger partial charge on any atom is -0.491 e. The minimum atomic E-state index is -0.0212. The van der Waals surface area contributed by atoms with Crippen LogP contribution < -0.4 is 10.1 Å². The van der Waals surface area contributed by atoms with Gasteiger partial charge in [0.1, 0.15) is 12.4 Å². The van der Waals surface area contributed by atoms with Crippen LogP contribution in [-0.4, -0.2) is 56.8 Å².